The maximum atomic E-state index is 12.9. The Hall–Kier alpha value is -3.69. The fourth-order valence-corrected chi connectivity index (χ4v) is 3.02. The fraction of sp³-hybridized carbons (Fsp3) is 0.250. The number of benzene rings is 2. The number of anilines is 1. The monoisotopic (exact) mass is 419 g/mol. The number of hydrogen-bond donors (Lipinski definition) is 2. The van der Waals surface area contributed by atoms with E-state index in [4.69, 9.17) is 4.74 Å². The first-order valence-electron chi connectivity index (χ1n) is 8.86. The number of nitrogens with zero attached hydrogens (tertiary/aromatic N) is 1. The van der Waals surface area contributed by atoms with E-state index in [0.717, 1.165) is 4.90 Å². The van der Waals surface area contributed by atoms with Gasteiger partial charge in [-0.05, 0) is 48.9 Å². The highest BCUT2D eigenvalue weighted by atomic mass is 19.3. The van der Waals surface area contributed by atoms with Gasteiger partial charge in [-0.15, -0.1) is 0 Å². The lowest BCUT2D eigenvalue weighted by atomic mass is 9.92. The smallest absolute Gasteiger partial charge is 0.387 e. The third kappa shape index (κ3) is 4.32. The Labute approximate surface area is 170 Å². The van der Waals surface area contributed by atoms with Crippen LogP contribution in [0.15, 0.2) is 48.5 Å². The molecule has 4 amide bonds. The average Bonchev–Trinajstić information content (AvgIpc) is 2.93. The number of alkyl halides is 2. The lowest BCUT2D eigenvalue weighted by Gasteiger charge is -2.22. The molecule has 0 saturated carbocycles. The predicted molar refractivity (Wildman–Crippen MR) is 102 cm³/mol. The van der Waals surface area contributed by atoms with Crippen molar-refractivity contribution in [1.82, 2.24) is 10.2 Å². The van der Waals surface area contributed by atoms with Crippen LogP contribution in [0.5, 0.6) is 11.5 Å². The van der Waals surface area contributed by atoms with Crippen molar-refractivity contribution in [2.45, 2.75) is 19.1 Å². The second-order valence-corrected chi connectivity index (χ2v) is 6.63. The van der Waals surface area contributed by atoms with Crippen molar-refractivity contribution in [3.63, 3.8) is 0 Å². The van der Waals surface area contributed by atoms with Crippen molar-refractivity contribution in [2.24, 2.45) is 0 Å². The summed E-state index contributed by atoms with van der Waals surface area (Å²) in [6.07, 6.45) is 0. The standard InChI is InChI=1S/C20H19F2N3O5/c1-20(12-3-7-14(29-2)8-4-12)17(27)25(19(28)24-20)11-16(26)23-13-5-9-15(10-6-13)30-18(21)22/h3-10,18H,11H2,1-2H3,(H,23,26)(H,24,28). The molecule has 1 saturated heterocycles. The molecule has 30 heavy (non-hydrogen) atoms. The third-order valence-corrected chi connectivity index (χ3v) is 4.61. The van der Waals surface area contributed by atoms with Crippen molar-refractivity contribution >= 4 is 23.5 Å². The Morgan fingerprint density at radius 3 is 2.27 bits per heavy atom. The van der Waals surface area contributed by atoms with Gasteiger partial charge < -0.3 is 20.1 Å². The Kier molecular flexibility index (Phi) is 5.86. The first-order chi connectivity index (χ1) is 14.2. The molecule has 8 nitrogen and oxygen atoms in total. The van der Waals surface area contributed by atoms with Gasteiger partial charge in [-0.25, -0.2) is 4.79 Å². The van der Waals surface area contributed by atoms with E-state index in [1.165, 1.54) is 31.4 Å². The number of imide groups is 1. The van der Waals surface area contributed by atoms with E-state index in [0.29, 0.717) is 17.0 Å². The summed E-state index contributed by atoms with van der Waals surface area (Å²) in [6.45, 7) is -1.91. The Bertz CT molecular complexity index is 950. The second kappa shape index (κ2) is 8.36. The highest BCUT2D eigenvalue weighted by molar-refractivity contribution is 6.10. The minimum Gasteiger partial charge on any atom is -0.497 e. The van der Waals surface area contributed by atoms with Crippen LogP contribution in [0.3, 0.4) is 0 Å². The van der Waals surface area contributed by atoms with Crippen molar-refractivity contribution in [1.29, 1.82) is 0 Å². The van der Waals surface area contributed by atoms with E-state index in [1.54, 1.807) is 31.2 Å². The summed E-state index contributed by atoms with van der Waals surface area (Å²) < 4.78 is 33.7. The van der Waals surface area contributed by atoms with Crippen LogP contribution in [0.1, 0.15) is 12.5 Å². The maximum absolute atomic E-state index is 12.9. The van der Waals surface area contributed by atoms with Crippen LogP contribution in [-0.4, -0.2) is 43.0 Å². The Balaban J connectivity index is 1.66. The normalized spacial score (nSPS) is 18.4. The molecule has 2 aromatic carbocycles. The van der Waals surface area contributed by atoms with Crippen molar-refractivity contribution < 1.29 is 32.6 Å². The van der Waals surface area contributed by atoms with Gasteiger partial charge in [0.25, 0.3) is 5.91 Å². The molecule has 158 valence electrons. The molecule has 1 fully saturated rings. The fourth-order valence-electron chi connectivity index (χ4n) is 3.02. The zero-order valence-corrected chi connectivity index (χ0v) is 16.1. The van der Waals surface area contributed by atoms with Crippen LogP contribution in [0.25, 0.3) is 0 Å². The molecule has 0 aliphatic carbocycles. The van der Waals surface area contributed by atoms with Gasteiger partial charge in [0, 0.05) is 5.69 Å². The number of urea groups is 1. The van der Waals surface area contributed by atoms with Gasteiger partial charge >= 0.3 is 12.6 Å². The summed E-state index contributed by atoms with van der Waals surface area (Å²) in [5, 5.41) is 5.11. The van der Waals surface area contributed by atoms with Crippen LogP contribution in [0.4, 0.5) is 19.3 Å². The molecule has 1 unspecified atom stereocenters. The number of ether oxygens (including phenoxy) is 2. The molecule has 0 bridgehead atoms. The van der Waals surface area contributed by atoms with Gasteiger partial charge in [0.1, 0.15) is 23.6 Å². The van der Waals surface area contributed by atoms with Crippen molar-refractivity contribution in [3.8, 4) is 11.5 Å². The third-order valence-electron chi connectivity index (χ3n) is 4.61. The molecule has 1 aliphatic rings. The van der Waals surface area contributed by atoms with Crippen LogP contribution in [-0.2, 0) is 15.1 Å². The molecule has 0 spiro atoms. The van der Waals surface area contributed by atoms with Crippen molar-refractivity contribution in [2.75, 3.05) is 19.0 Å². The van der Waals surface area contributed by atoms with Gasteiger partial charge in [-0.3, -0.25) is 14.5 Å². The Morgan fingerprint density at radius 1 is 1.10 bits per heavy atom. The summed E-state index contributed by atoms with van der Waals surface area (Å²) in [4.78, 5) is 38.3. The van der Waals surface area contributed by atoms with E-state index < -0.39 is 36.5 Å². The molecule has 2 aromatic rings. The predicted octanol–water partition coefficient (Wildman–Crippen LogP) is 2.70. The number of carbonyl (C=O) groups excluding carboxylic acids is 3. The maximum Gasteiger partial charge on any atom is 0.387 e. The highest BCUT2D eigenvalue weighted by Crippen LogP contribution is 2.30. The van der Waals surface area contributed by atoms with Gasteiger partial charge in [0.2, 0.25) is 5.91 Å². The molecule has 10 heteroatoms. The number of carbonyl (C=O) groups is 3. The lowest BCUT2D eigenvalue weighted by Crippen LogP contribution is -2.42. The summed E-state index contributed by atoms with van der Waals surface area (Å²) in [5.41, 5.74) is -0.483. The largest absolute Gasteiger partial charge is 0.497 e. The van der Waals surface area contributed by atoms with E-state index in [-0.39, 0.29) is 5.75 Å². The molecule has 0 aromatic heterocycles. The highest BCUT2D eigenvalue weighted by Gasteiger charge is 2.49. The minimum absolute atomic E-state index is 0.0626. The molecule has 1 atom stereocenters. The lowest BCUT2D eigenvalue weighted by molar-refractivity contribution is -0.133. The molecule has 1 aliphatic heterocycles. The first-order valence-corrected chi connectivity index (χ1v) is 8.86. The van der Waals surface area contributed by atoms with Crippen LogP contribution in [0.2, 0.25) is 0 Å². The zero-order chi connectivity index (χ0) is 21.9. The topological polar surface area (TPSA) is 97.0 Å². The van der Waals surface area contributed by atoms with Crippen LogP contribution < -0.4 is 20.1 Å². The number of halogens is 2. The van der Waals surface area contributed by atoms with Gasteiger partial charge in [-0.1, -0.05) is 12.1 Å². The molecule has 2 N–H and O–H groups in total. The molecule has 0 radical (unpaired) electrons. The minimum atomic E-state index is -2.95. The first kappa shape index (κ1) is 21.0. The van der Waals surface area contributed by atoms with E-state index in [1.807, 2.05) is 0 Å². The Morgan fingerprint density at radius 2 is 1.70 bits per heavy atom. The quantitative estimate of drug-likeness (QED) is 0.673. The average molecular weight is 419 g/mol. The number of nitrogens with one attached hydrogen (secondary N) is 2. The van der Waals surface area contributed by atoms with Crippen LogP contribution in [0, 0.1) is 0 Å². The zero-order valence-electron chi connectivity index (χ0n) is 16.1. The number of amides is 4. The summed E-state index contributed by atoms with van der Waals surface area (Å²) in [6, 6.07) is 11.2. The van der Waals surface area contributed by atoms with E-state index in [2.05, 4.69) is 15.4 Å². The number of hydrogen-bond acceptors (Lipinski definition) is 5. The number of rotatable bonds is 7. The van der Waals surface area contributed by atoms with E-state index in [9.17, 15) is 23.2 Å². The molecule has 3 rings (SSSR count). The van der Waals surface area contributed by atoms with Crippen molar-refractivity contribution in [3.05, 3.63) is 54.1 Å². The molecular formula is C20H19F2N3O5. The number of methoxy groups -OCH3 is 1. The van der Waals surface area contributed by atoms with Crippen LogP contribution >= 0.6 is 0 Å². The summed E-state index contributed by atoms with van der Waals surface area (Å²) >= 11 is 0. The summed E-state index contributed by atoms with van der Waals surface area (Å²) in [7, 11) is 1.51. The molecular weight excluding hydrogens is 400 g/mol. The van der Waals surface area contributed by atoms with Gasteiger partial charge in [0.05, 0.1) is 7.11 Å². The second-order valence-electron chi connectivity index (χ2n) is 6.63. The van der Waals surface area contributed by atoms with Gasteiger partial charge in [-0.2, -0.15) is 8.78 Å². The summed E-state index contributed by atoms with van der Waals surface area (Å²) in [5.74, 6) is -0.666. The SMILES string of the molecule is COc1ccc(C2(C)NC(=O)N(CC(=O)Nc3ccc(OC(F)F)cc3)C2=O)cc1. The molecule has 1 heterocycles. The van der Waals surface area contributed by atoms with E-state index >= 15 is 0 Å². The van der Waals surface area contributed by atoms with Gasteiger partial charge in [0.15, 0.2) is 0 Å².